The molecule has 1 N–H and O–H groups in total. The molecule has 0 saturated heterocycles. The van der Waals surface area contributed by atoms with Crippen LogP contribution in [0.2, 0.25) is 0 Å². The fourth-order valence-corrected chi connectivity index (χ4v) is 4.70. The van der Waals surface area contributed by atoms with Gasteiger partial charge in [0.2, 0.25) is 0 Å². The molecule has 0 radical (unpaired) electrons. The standard InChI is InChI=1S/C14H19BrN2OS2/c1-4-11-9(2)20-14(17-11)13(16-5-6-18-3)12-7-10(15)8-19-12/h7-8,13,16H,4-6H2,1-3H3. The number of nitrogens with one attached hydrogen (secondary N) is 1. The number of aromatic nitrogens is 1. The minimum absolute atomic E-state index is 0.158. The lowest BCUT2D eigenvalue weighted by Gasteiger charge is -2.14. The summed E-state index contributed by atoms with van der Waals surface area (Å²) in [6, 6.07) is 2.32. The Kier molecular flexibility index (Phi) is 6.17. The highest BCUT2D eigenvalue weighted by Gasteiger charge is 2.20. The van der Waals surface area contributed by atoms with Gasteiger partial charge in [0.25, 0.3) is 0 Å². The van der Waals surface area contributed by atoms with Crippen LogP contribution in [0, 0.1) is 6.92 Å². The van der Waals surface area contributed by atoms with Gasteiger partial charge < -0.3 is 10.1 Å². The monoisotopic (exact) mass is 374 g/mol. The van der Waals surface area contributed by atoms with Gasteiger partial charge in [0.15, 0.2) is 0 Å². The molecule has 2 rings (SSSR count). The van der Waals surface area contributed by atoms with Crippen molar-refractivity contribution in [3.05, 3.63) is 36.4 Å². The van der Waals surface area contributed by atoms with Crippen LogP contribution in [-0.4, -0.2) is 25.2 Å². The van der Waals surface area contributed by atoms with Crippen molar-refractivity contribution >= 4 is 38.6 Å². The normalized spacial score (nSPS) is 12.8. The average molecular weight is 375 g/mol. The average Bonchev–Trinajstić information content (AvgIpc) is 3.01. The molecule has 0 amide bonds. The van der Waals surface area contributed by atoms with Gasteiger partial charge in [-0.2, -0.15) is 0 Å². The molecule has 0 aliphatic rings. The third kappa shape index (κ3) is 3.89. The Hall–Kier alpha value is -0.270. The number of ether oxygens (including phenoxy) is 1. The summed E-state index contributed by atoms with van der Waals surface area (Å²) in [6.45, 7) is 5.82. The topological polar surface area (TPSA) is 34.2 Å². The molecule has 2 heterocycles. The van der Waals surface area contributed by atoms with E-state index in [2.05, 4.69) is 46.5 Å². The fourth-order valence-electron chi connectivity index (χ4n) is 2.00. The predicted octanol–water partition coefficient (Wildman–Crippen LogP) is 4.16. The van der Waals surface area contributed by atoms with E-state index in [4.69, 9.17) is 9.72 Å². The van der Waals surface area contributed by atoms with Gasteiger partial charge in [0.1, 0.15) is 5.01 Å². The maximum atomic E-state index is 5.13. The molecular weight excluding hydrogens is 356 g/mol. The number of rotatable bonds is 7. The molecule has 0 bridgehead atoms. The highest BCUT2D eigenvalue weighted by atomic mass is 79.9. The number of nitrogens with zero attached hydrogens (tertiary/aromatic N) is 1. The van der Waals surface area contributed by atoms with Gasteiger partial charge in [0.05, 0.1) is 18.3 Å². The Morgan fingerprint density at radius 3 is 2.85 bits per heavy atom. The first-order valence-electron chi connectivity index (χ1n) is 6.58. The third-order valence-corrected chi connectivity index (χ3v) is 5.85. The smallest absolute Gasteiger partial charge is 0.115 e. The van der Waals surface area contributed by atoms with Crippen LogP contribution >= 0.6 is 38.6 Å². The maximum absolute atomic E-state index is 5.13. The molecule has 0 aliphatic carbocycles. The Morgan fingerprint density at radius 2 is 2.30 bits per heavy atom. The molecule has 0 aliphatic heterocycles. The summed E-state index contributed by atoms with van der Waals surface area (Å²) in [7, 11) is 1.72. The second kappa shape index (κ2) is 7.66. The predicted molar refractivity (Wildman–Crippen MR) is 90.0 cm³/mol. The van der Waals surface area contributed by atoms with E-state index in [9.17, 15) is 0 Å². The molecule has 0 aromatic carbocycles. The van der Waals surface area contributed by atoms with Crippen molar-refractivity contribution in [2.45, 2.75) is 26.3 Å². The highest BCUT2D eigenvalue weighted by Crippen LogP contribution is 2.33. The molecule has 2 aromatic heterocycles. The van der Waals surface area contributed by atoms with Gasteiger partial charge in [-0.3, -0.25) is 0 Å². The van der Waals surface area contributed by atoms with E-state index in [0.29, 0.717) is 6.61 Å². The van der Waals surface area contributed by atoms with Crippen molar-refractivity contribution in [3.8, 4) is 0 Å². The summed E-state index contributed by atoms with van der Waals surface area (Å²) >= 11 is 7.06. The van der Waals surface area contributed by atoms with Crippen LogP contribution < -0.4 is 5.32 Å². The lowest BCUT2D eigenvalue weighted by molar-refractivity contribution is 0.197. The fraction of sp³-hybridized carbons (Fsp3) is 0.500. The van der Waals surface area contributed by atoms with Gasteiger partial charge >= 0.3 is 0 Å². The Balaban J connectivity index is 2.24. The first kappa shape index (κ1) is 16.1. The van der Waals surface area contributed by atoms with Gasteiger partial charge in [0, 0.05) is 33.3 Å². The number of methoxy groups -OCH3 is 1. The minimum Gasteiger partial charge on any atom is -0.383 e. The molecule has 1 atom stereocenters. The zero-order chi connectivity index (χ0) is 14.5. The van der Waals surface area contributed by atoms with Gasteiger partial charge in [-0.25, -0.2) is 4.98 Å². The highest BCUT2D eigenvalue weighted by molar-refractivity contribution is 9.10. The summed E-state index contributed by atoms with van der Waals surface area (Å²) < 4.78 is 6.26. The lowest BCUT2D eigenvalue weighted by Crippen LogP contribution is -2.25. The SMILES string of the molecule is CCc1nc(C(NCCOC)c2cc(Br)cs2)sc1C. The zero-order valence-corrected chi connectivity index (χ0v) is 15.1. The van der Waals surface area contributed by atoms with E-state index < -0.39 is 0 Å². The van der Waals surface area contributed by atoms with Crippen LogP contribution in [0.5, 0.6) is 0 Å². The van der Waals surface area contributed by atoms with Gasteiger partial charge in [-0.15, -0.1) is 22.7 Å². The number of hydrogen-bond acceptors (Lipinski definition) is 5. The molecule has 2 aromatic rings. The summed E-state index contributed by atoms with van der Waals surface area (Å²) in [6.07, 6.45) is 0.987. The summed E-state index contributed by atoms with van der Waals surface area (Å²) in [5.41, 5.74) is 1.21. The Morgan fingerprint density at radius 1 is 1.50 bits per heavy atom. The van der Waals surface area contributed by atoms with E-state index in [1.165, 1.54) is 15.4 Å². The number of thiazole rings is 1. The van der Waals surface area contributed by atoms with Crippen LogP contribution in [-0.2, 0) is 11.2 Å². The van der Waals surface area contributed by atoms with Crippen LogP contribution in [0.1, 0.15) is 33.4 Å². The van der Waals surface area contributed by atoms with E-state index in [0.717, 1.165) is 22.4 Å². The molecule has 6 heteroatoms. The molecule has 0 spiro atoms. The first-order valence-corrected chi connectivity index (χ1v) is 9.07. The van der Waals surface area contributed by atoms with Crippen molar-refractivity contribution in [2.24, 2.45) is 0 Å². The second-order valence-corrected chi connectivity index (χ2v) is 7.55. The van der Waals surface area contributed by atoms with Crippen molar-refractivity contribution in [1.29, 1.82) is 0 Å². The van der Waals surface area contributed by atoms with Crippen molar-refractivity contribution in [1.82, 2.24) is 10.3 Å². The largest absolute Gasteiger partial charge is 0.383 e. The number of thiophene rings is 1. The van der Waals surface area contributed by atoms with E-state index in [-0.39, 0.29) is 6.04 Å². The molecule has 20 heavy (non-hydrogen) atoms. The minimum atomic E-state index is 0.158. The molecule has 110 valence electrons. The summed E-state index contributed by atoms with van der Waals surface area (Å²) in [5, 5.41) is 6.80. The third-order valence-electron chi connectivity index (χ3n) is 3.02. The van der Waals surface area contributed by atoms with E-state index >= 15 is 0 Å². The number of hydrogen-bond donors (Lipinski definition) is 1. The van der Waals surface area contributed by atoms with Gasteiger partial charge in [-0.1, -0.05) is 6.92 Å². The second-order valence-electron chi connectivity index (χ2n) is 4.46. The maximum Gasteiger partial charge on any atom is 0.115 e. The van der Waals surface area contributed by atoms with Crippen LogP contribution in [0.3, 0.4) is 0 Å². The van der Waals surface area contributed by atoms with E-state index in [1.54, 1.807) is 29.8 Å². The van der Waals surface area contributed by atoms with Crippen LogP contribution in [0.25, 0.3) is 0 Å². The molecular formula is C14H19BrN2OS2. The van der Waals surface area contributed by atoms with Crippen molar-refractivity contribution in [3.63, 3.8) is 0 Å². The molecule has 3 nitrogen and oxygen atoms in total. The number of aryl methyl sites for hydroxylation is 2. The van der Waals surface area contributed by atoms with Crippen LogP contribution in [0.4, 0.5) is 0 Å². The Labute approximate surface area is 136 Å². The molecule has 1 unspecified atom stereocenters. The quantitative estimate of drug-likeness (QED) is 0.738. The number of halogens is 1. The molecule has 0 saturated carbocycles. The van der Waals surface area contributed by atoms with Crippen LogP contribution in [0.15, 0.2) is 15.9 Å². The molecule has 0 fully saturated rings. The lowest BCUT2D eigenvalue weighted by atomic mass is 10.2. The summed E-state index contributed by atoms with van der Waals surface area (Å²) in [5.74, 6) is 0. The zero-order valence-electron chi connectivity index (χ0n) is 11.9. The first-order chi connectivity index (χ1) is 9.65. The van der Waals surface area contributed by atoms with Gasteiger partial charge in [-0.05, 0) is 35.3 Å². The van der Waals surface area contributed by atoms with Crippen molar-refractivity contribution < 1.29 is 4.74 Å². The van der Waals surface area contributed by atoms with E-state index in [1.807, 2.05) is 0 Å². The summed E-state index contributed by atoms with van der Waals surface area (Å²) in [4.78, 5) is 7.40. The Bertz CT molecular complexity index is 553. The van der Waals surface area contributed by atoms with Crippen molar-refractivity contribution in [2.75, 3.05) is 20.3 Å².